The largest absolute Gasteiger partial charge is 0.341 e. The second-order valence-corrected chi connectivity index (χ2v) is 7.62. The molecule has 25 heavy (non-hydrogen) atoms. The van der Waals surface area contributed by atoms with Crippen molar-refractivity contribution in [2.45, 2.75) is 18.9 Å². The second kappa shape index (κ2) is 5.97. The van der Waals surface area contributed by atoms with Crippen LogP contribution in [0.4, 0.5) is 0 Å². The number of halogens is 1. The smallest absolute Gasteiger partial charge is 0.124 e. The Morgan fingerprint density at radius 2 is 1.72 bits per heavy atom. The van der Waals surface area contributed by atoms with Gasteiger partial charge >= 0.3 is 0 Å². The fraction of sp³-hybridized carbons (Fsp3) is 0.190. The molecule has 3 nitrogen and oxygen atoms in total. The van der Waals surface area contributed by atoms with Crippen LogP contribution in [0.3, 0.4) is 0 Å². The van der Waals surface area contributed by atoms with Crippen molar-refractivity contribution in [2.24, 2.45) is 0 Å². The first-order valence-corrected chi connectivity index (χ1v) is 9.48. The zero-order chi connectivity index (χ0) is 16.8. The van der Waals surface area contributed by atoms with Gasteiger partial charge in [-0.2, -0.15) is 0 Å². The fourth-order valence-electron chi connectivity index (χ4n) is 3.69. The lowest BCUT2D eigenvalue weighted by atomic mass is 10.0. The van der Waals surface area contributed by atoms with Crippen LogP contribution in [0.5, 0.6) is 0 Å². The van der Waals surface area contributed by atoms with Crippen molar-refractivity contribution in [1.82, 2.24) is 15.3 Å². The highest BCUT2D eigenvalue weighted by molar-refractivity contribution is 9.10. The van der Waals surface area contributed by atoms with E-state index in [0.717, 1.165) is 34.3 Å². The number of rotatable bonds is 2. The predicted molar refractivity (Wildman–Crippen MR) is 107 cm³/mol. The number of nitrogens with zero attached hydrogens (tertiary/aromatic N) is 1. The first-order valence-electron chi connectivity index (χ1n) is 8.69. The molecule has 0 radical (unpaired) electrons. The van der Waals surface area contributed by atoms with Crippen LogP contribution in [0, 0.1) is 0 Å². The summed E-state index contributed by atoms with van der Waals surface area (Å²) in [6.45, 7) is 1.08. The van der Waals surface area contributed by atoms with Crippen LogP contribution < -0.4 is 5.32 Å². The van der Waals surface area contributed by atoms with Gasteiger partial charge in [-0.15, -0.1) is 0 Å². The number of hydrogen-bond donors (Lipinski definition) is 2. The molecule has 1 aliphatic heterocycles. The van der Waals surface area contributed by atoms with E-state index in [0.29, 0.717) is 6.04 Å². The number of fused-ring (bicyclic) bond motifs is 2. The zero-order valence-corrected chi connectivity index (χ0v) is 15.3. The third-order valence-corrected chi connectivity index (χ3v) is 5.52. The molecule has 1 fully saturated rings. The molecule has 5 rings (SSSR count). The molecular weight excluding hydrogens is 374 g/mol. The molecule has 0 aliphatic carbocycles. The van der Waals surface area contributed by atoms with E-state index in [-0.39, 0.29) is 0 Å². The van der Waals surface area contributed by atoms with Crippen molar-refractivity contribution in [1.29, 1.82) is 0 Å². The highest BCUT2D eigenvalue weighted by Gasteiger charge is 2.19. The predicted octanol–water partition coefficient (Wildman–Crippen LogP) is 5.57. The molecule has 0 saturated carbocycles. The van der Waals surface area contributed by atoms with Crippen molar-refractivity contribution in [2.75, 3.05) is 6.54 Å². The van der Waals surface area contributed by atoms with E-state index in [9.17, 15) is 0 Å². The minimum absolute atomic E-state index is 0.370. The number of imidazole rings is 1. The number of nitrogens with one attached hydrogen (secondary N) is 2. The SMILES string of the molecule is Brc1ccc2cc(-c3ccc4nc(C5CCCN5)[nH]c4c3)ccc2c1. The molecule has 1 unspecified atom stereocenters. The zero-order valence-electron chi connectivity index (χ0n) is 13.7. The number of aromatic amines is 1. The van der Waals surface area contributed by atoms with Gasteiger partial charge in [0.05, 0.1) is 17.1 Å². The summed E-state index contributed by atoms with van der Waals surface area (Å²) in [6, 6.07) is 19.9. The van der Waals surface area contributed by atoms with Gasteiger partial charge in [-0.3, -0.25) is 0 Å². The third kappa shape index (κ3) is 2.75. The van der Waals surface area contributed by atoms with E-state index in [1.165, 1.54) is 28.3 Å². The Hall–Kier alpha value is -2.17. The van der Waals surface area contributed by atoms with E-state index >= 15 is 0 Å². The average Bonchev–Trinajstić information content (AvgIpc) is 3.29. The lowest BCUT2D eigenvalue weighted by molar-refractivity contribution is 0.614. The summed E-state index contributed by atoms with van der Waals surface area (Å²) >= 11 is 3.54. The molecule has 1 saturated heterocycles. The normalized spacial score (nSPS) is 17.6. The van der Waals surface area contributed by atoms with Crippen molar-refractivity contribution in [3.63, 3.8) is 0 Å². The summed E-state index contributed by atoms with van der Waals surface area (Å²) < 4.78 is 1.11. The van der Waals surface area contributed by atoms with Gasteiger partial charge < -0.3 is 10.3 Å². The van der Waals surface area contributed by atoms with Gasteiger partial charge in [0.15, 0.2) is 0 Å². The Labute approximate surface area is 154 Å². The number of aromatic nitrogens is 2. The van der Waals surface area contributed by atoms with Gasteiger partial charge in [-0.1, -0.05) is 40.2 Å². The van der Waals surface area contributed by atoms with E-state index in [1.54, 1.807) is 0 Å². The van der Waals surface area contributed by atoms with Gasteiger partial charge in [0, 0.05) is 4.47 Å². The van der Waals surface area contributed by atoms with Gasteiger partial charge in [0.25, 0.3) is 0 Å². The Kier molecular flexibility index (Phi) is 3.61. The van der Waals surface area contributed by atoms with Gasteiger partial charge in [0.1, 0.15) is 5.82 Å². The summed E-state index contributed by atoms with van der Waals surface area (Å²) in [6.07, 6.45) is 2.38. The Bertz CT molecular complexity index is 1080. The van der Waals surface area contributed by atoms with Gasteiger partial charge in [-0.05, 0) is 71.6 Å². The molecule has 4 aromatic rings. The van der Waals surface area contributed by atoms with Crippen molar-refractivity contribution < 1.29 is 0 Å². The van der Waals surface area contributed by atoms with Crippen LogP contribution in [0.2, 0.25) is 0 Å². The molecule has 0 amide bonds. The first-order chi connectivity index (χ1) is 12.3. The molecule has 1 aromatic heterocycles. The molecule has 4 heteroatoms. The quantitative estimate of drug-likeness (QED) is 0.468. The molecule has 2 heterocycles. The molecule has 1 atom stereocenters. The van der Waals surface area contributed by atoms with E-state index in [4.69, 9.17) is 4.98 Å². The molecule has 0 spiro atoms. The number of benzene rings is 3. The minimum atomic E-state index is 0.370. The van der Waals surface area contributed by atoms with E-state index in [1.807, 2.05) is 0 Å². The first kappa shape index (κ1) is 15.1. The lowest BCUT2D eigenvalue weighted by Crippen LogP contribution is -2.13. The van der Waals surface area contributed by atoms with Crippen LogP contribution in [0.25, 0.3) is 32.9 Å². The fourth-order valence-corrected chi connectivity index (χ4v) is 4.07. The topological polar surface area (TPSA) is 40.7 Å². The van der Waals surface area contributed by atoms with Crippen molar-refractivity contribution >= 4 is 37.7 Å². The van der Waals surface area contributed by atoms with Crippen LogP contribution in [0.15, 0.2) is 59.1 Å². The van der Waals surface area contributed by atoms with Gasteiger partial charge in [-0.25, -0.2) is 4.98 Å². The number of hydrogen-bond acceptors (Lipinski definition) is 2. The lowest BCUT2D eigenvalue weighted by Gasteiger charge is -2.05. The average molecular weight is 392 g/mol. The molecule has 3 aromatic carbocycles. The molecular formula is C21H18BrN3. The highest BCUT2D eigenvalue weighted by atomic mass is 79.9. The summed E-state index contributed by atoms with van der Waals surface area (Å²) in [4.78, 5) is 8.28. The highest BCUT2D eigenvalue weighted by Crippen LogP contribution is 2.29. The standard InChI is InChI=1S/C21H18BrN3/c22-17-7-5-14-10-13(3-4-15(14)11-17)16-6-8-18-20(12-16)25-21(24-18)19-2-1-9-23-19/h3-8,10-12,19,23H,1-2,9H2,(H,24,25). The van der Waals surface area contributed by atoms with Crippen molar-refractivity contribution in [3.8, 4) is 11.1 Å². The maximum Gasteiger partial charge on any atom is 0.124 e. The maximum absolute atomic E-state index is 4.77. The summed E-state index contributed by atoms with van der Waals surface area (Å²) in [5, 5.41) is 6.00. The monoisotopic (exact) mass is 391 g/mol. The van der Waals surface area contributed by atoms with E-state index in [2.05, 4.69) is 80.8 Å². The Morgan fingerprint density at radius 3 is 2.60 bits per heavy atom. The van der Waals surface area contributed by atoms with Crippen LogP contribution >= 0.6 is 15.9 Å². The third-order valence-electron chi connectivity index (χ3n) is 5.03. The number of H-pyrrole nitrogens is 1. The van der Waals surface area contributed by atoms with Crippen LogP contribution in [-0.4, -0.2) is 16.5 Å². The summed E-state index contributed by atoms with van der Waals surface area (Å²) in [5.74, 6) is 1.06. The second-order valence-electron chi connectivity index (χ2n) is 6.71. The van der Waals surface area contributed by atoms with Crippen molar-refractivity contribution in [3.05, 3.63) is 64.9 Å². The Balaban J connectivity index is 1.56. The van der Waals surface area contributed by atoms with Gasteiger partial charge in [0.2, 0.25) is 0 Å². The minimum Gasteiger partial charge on any atom is -0.341 e. The summed E-state index contributed by atoms with van der Waals surface area (Å²) in [5.41, 5.74) is 4.59. The molecule has 2 N–H and O–H groups in total. The van der Waals surface area contributed by atoms with Crippen LogP contribution in [-0.2, 0) is 0 Å². The van der Waals surface area contributed by atoms with Crippen LogP contribution in [0.1, 0.15) is 24.7 Å². The molecule has 124 valence electrons. The van der Waals surface area contributed by atoms with E-state index < -0.39 is 0 Å². The Morgan fingerprint density at radius 1 is 0.920 bits per heavy atom. The molecule has 1 aliphatic rings. The summed E-state index contributed by atoms with van der Waals surface area (Å²) in [7, 11) is 0. The maximum atomic E-state index is 4.77. The molecule has 0 bridgehead atoms.